The fourth-order valence-corrected chi connectivity index (χ4v) is 2.35. The second-order valence-corrected chi connectivity index (χ2v) is 4.80. The summed E-state index contributed by atoms with van der Waals surface area (Å²) < 4.78 is 7.05. The van der Waals surface area contributed by atoms with Crippen molar-refractivity contribution < 1.29 is 4.52 Å². The van der Waals surface area contributed by atoms with E-state index in [1.165, 1.54) is 0 Å². The molecule has 2 aromatic heterocycles. The standard InChI is InChI=1S/C12H17N5O/c1-8-5-11(16-18-8)6-13-10-3-4-12-14-9(2)15-17(12)7-10/h5,10,13H,3-4,6-7H2,1-2H3/t10-/m0/s1. The number of nitrogens with zero attached hydrogens (tertiary/aromatic N) is 4. The predicted octanol–water partition coefficient (Wildman–Crippen LogP) is 0.988. The highest BCUT2D eigenvalue weighted by atomic mass is 16.5. The molecule has 6 heteroatoms. The molecule has 0 saturated carbocycles. The Hall–Kier alpha value is -1.69. The minimum atomic E-state index is 0.426. The van der Waals surface area contributed by atoms with E-state index in [2.05, 4.69) is 20.6 Å². The number of hydrogen-bond acceptors (Lipinski definition) is 5. The van der Waals surface area contributed by atoms with E-state index < -0.39 is 0 Å². The zero-order valence-electron chi connectivity index (χ0n) is 10.7. The van der Waals surface area contributed by atoms with Gasteiger partial charge in [0.1, 0.15) is 17.4 Å². The van der Waals surface area contributed by atoms with Crippen molar-refractivity contribution in [1.82, 2.24) is 25.2 Å². The van der Waals surface area contributed by atoms with E-state index in [1.54, 1.807) is 0 Å². The zero-order chi connectivity index (χ0) is 12.5. The number of aryl methyl sites for hydroxylation is 3. The van der Waals surface area contributed by atoms with Crippen LogP contribution < -0.4 is 5.32 Å². The monoisotopic (exact) mass is 247 g/mol. The first-order valence-electron chi connectivity index (χ1n) is 6.26. The molecule has 0 bridgehead atoms. The molecule has 96 valence electrons. The van der Waals surface area contributed by atoms with Crippen LogP contribution in [0.3, 0.4) is 0 Å². The molecule has 1 N–H and O–H groups in total. The van der Waals surface area contributed by atoms with Gasteiger partial charge in [0, 0.05) is 25.1 Å². The first kappa shape index (κ1) is 11.4. The van der Waals surface area contributed by atoms with E-state index >= 15 is 0 Å². The average molecular weight is 247 g/mol. The van der Waals surface area contributed by atoms with Crippen LogP contribution in [0, 0.1) is 13.8 Å². The Balaban J connectivity index is 1.59. The Morgan fingerprint density at radius 3 is 3.17 bits per heavy atom. The van der Waals surface area contributed by atoms with Gasteiger partial charge in [-0.15, -0.1) is 0 Å². The topological polar surface area (TPSA) is 68.8 Å². The lowest BCUT2D eigenvalue weighted by atomic mass is 10.1. The minimum Gasteiger partial charge on any atom is -0.361 e. The van der Waals surface area contributed by atoms with Crippen molar-refractivity contribution in [3.05, 3.63) is 29.2 Å². The second kappa shape index (κ2) is 4.53. The van der Waals surface area contributed by atoms with Crippen molar-refractivity contribution in [2.24, 2.45) is 0 Å². The minimum absolute atomic E-state index is 0.426. The quantitative estimate of drug-likeness (QED) is 0.876. The molecule has 0 aromatic carbocycles. The van der Waals surface area contributed by atoms with Gasteiger partial charge in [0.25, 0.3) is 0 Å². The molecule has 0 spiro atoms. The first-order valence-corrected chi connectivity index (χ1v) is 6.26. The lowest BCUT2D eigenvalue weighted by molar-refractivity contribution is 0.347. The Labute approximate surface area is 105 Å². The zero-order valence-corrected chi connectivity index (χ0v) is 10.7. The third-order valence-corrected chi connectivity index (χ3v) is 3.21. The number of rotatable bonds is 3. The van der Waals surface area contributed by atoms with Gasteiger partial charge >= 0.3 is 0 Å². The fraction of sp³-hybridized carbons (Fsp3) is 0.583. The predicted molar refractivity (Wildman–Crippen MR) is 64.9 cm³/mol. The molecule has 0 aliphatic carbocycles. The summed E-state index contributed by atoms with van der Waals surface area (Å²) in [5.74, 6) is 2.81. The van der Waals surface area contributed by atoms with Gasteiger partial charge in [-0.2, -0.15) is 5.10 Å². The molecular weight excluding hydrogens is 230 g/mol. The third-order valence-electron chi connectivity index (χ3n) is 3.21. The van der Waals surface area contributed by atoms with E-state index in [-0.39, 0.29) is 0 Å². The molecule has 1 aliphatic rings. The summed E-state index contributed by atoms with van der Waals surface area (Å²) in [5, 5.41) is 11.9. The van der Waals surface area contributed by atoms with Crippen LogP contribution in [0.25, 0.3) is 0 Å². The van der Waals surface area contributed by atoms with E-state index in [1.807, 2.05) is 24.6 Å². The maximum atomic E-state index is 5.05. The highest BCUT2D eigenvalue weighted by Gasteiger charge is 2.20. The number of nitrogens with one attached hydrogen (secondary N) is 1. The van der Waals surface area contributed by atoms with Crippen molar-refractivity contribution in [1.29, 1.82) is 0 Å². The van der Waals surface area contributed by atoms with Crippen molar-refractivity contribution in [2.75, 3.05) is 0 Å². The van der Waals surface area contributed by atoms with Crippen LogP contribution >= 0.6 is 0 Å². The molecule has 0 radical (unpaired) electrons. The Kier molecular flexibility index (Phi) is 2.87. The van der Waals surface area contributed by atoms with Crippen LogP contribution in [0.4, 0.5) is 0 Å². The van der Waals surface area contributed by atoms with Crippen molar-refractivity contribution in [3.63, 3.8) is 0 Å². The molecule has 0 saturated heterocycles. The Bertz CT molecular complexity index is 544. The molecule has 1 atom stereocenters. The van der Waals surface area contributed by atoms with Gasteiger partial charge in [0.05, 0.1) is 12.2 Å². The van der Waals surface area contributed by atoms with Crippen LogP contribution in [-0.4, -0.2) is 26.0 Å². The van der Waals surface area contributed by atoms with E-state index in [0.29, 0.717) is 6.04 Å². The van der Waals surface area contributed by atoms with Gasteiger partial charge in [-0.3, -0.25) is 0 Å². The van der Waals surface area contributed by atoms with Gasteiger partial charge in [-0.1, -0.05) is 5.16 Å². The molecule has 0 fully saturated rings. The largest absolute Gasteiger partial charge is 0.361 e. The maximum Gasteiger partial charge on any atom is 0.147 e. The van der Waals surface area contributed by atoms with E-state index in [4.69, 9.17) is 4.52 Å². The Morgan fingerprint density at radius 1 is 1.50 bits per heavy atom. The lowest BCUT2D eigenvalue weighted by Crippen LogP contribution is -2.37. The van der Waals surface area contributed by atoms with Crippen LogP contribution in [0.1, 0.15) is 29.5 Å². The van der Waals surface area contributed by atoms with Crippen LogP contribution in [0.15, 0.2) is 10.6 Å². The SMILES string of the molecule is Cc1nc2n(n1)C[C@@H](NCc1cc(C)on1)CC2. The van der Waals surface area contributed by atoms with E-state index in [9.17, 15) is 0 Å². The van der Waals surface area contributed by atoms with Crippen molar-refractivity contribution >= 4 is 0 Å². The van der Waals surface area contributed by atoms with Crippen molar-refractivity contribution in [3.8, 4) is 0 Å². The highest BCUT2D eigenvalue weighted by Crippen LogP contribution is 2.13. The molecule has 6 nitrogen and oxygen atoms in total. The normalized spacial score (nSPS) is 18.9. The first-order chi connectivity index (χ1) is 8.70. The average Bonchev–Trinajstić information content (AvgIpc) is 2.90. The van der Waals surface area contributed by atoms with Gasteiger partial charge in [0.15, 0.2) is 0 Å². The third kappa shape index (κ3) is 2.28. The highest BCUT2D eigenvalue weighted by molar-refractivity contribution is 5.03. The number of aromatic nitrogens is 4. The summed E-state index contributed by atoms with van der Waals surface area (Å²) in [6.45, 7) is 5.46. The van der Waals surface area contributed by atoms with Crippen LogP contribution in [-0.2, 0) is 19.5 Å². The molecule has 18 heavy (non-hydrogen) atoms. The molecule has 0 unspecified atom stereocenters. The number of fused-ring (bicyclic) bond motifs is 1. The summed E-state index contributed by atoms with van der Waals surface area (Å²) in [7, 11) is 0. The summed E-state index contributed by atoms with van der Waals surface area (Å²) in [6.07, 6.45) is 2.07. The van der Waals surface area contributed by atoms with Gasteiger partial charge in [-0.25, -0.2) is 9.67 Å². The summed E-state index contributed by atoms with van der Waals surface area (Å²) >= 11 is 0. The molecule has 3 rings (SSSR count). The molecule has 1 aliphatic heterocycles. The smallest absolute Gasteiger partial charge is 0.147 e. The summed E-state index contributed by atoms with van der Waals surface area (Å²) in [5.41, 5.74) is 0.952. The van der Waals surface area contributed by atoms with Crippen molar-refractivity contribution in [2.45, 2.75) is 45.8 Å². The summed E-state index contributed by atoms with van der Waals surface area (Å²) in [6, 6.07) is 2.39. The maximum absolute atomic E-state index is 5.05. The molecule has 3 heterocycles. The van der Waals surface area contributed by atoms with E-state index in [0.717, 1.165) is 49.0 Å². The molecule has 2 aromatic rings. The number of hydrogen-bond donors (Lipinski definition) is 1. The van der Waals surface area contributed by atoms with Crippen LogP contribution in [0.5, 0.6) is 0 Å². The van der Waals surface area contributed by atoms with Crippen LogP contribution in [0.2, 0.25) is 0 Å². The molecular formula is C12H17N5O. The summed E-state index contributed by atoms with van der Waals surface area (Å²) in [4.78, 5) is 4.40. The molecule has 0 amide bonds. The van der Waals surface area contributed by atoms with Gasteiger partial charge in [0.2, 0.25) is 0 Å². The van der Waals surface area contributed by atoms with Gasteiger partial charge < -0.3 is 9.84 Å². The fourth-order valence-electron chi connectivity index (χ4n) is 2.35. The Morgan fingerprint density at radius 2 is 2.39 bits per heavy atom. The second-order valence-electron chi connectivity index (χ2n) is 4.80. The van der Waals surface area contributed by atoms with Gasteiger partial charge in [-0.05, 0) is 20.3 Å². The lowest BCUT2D eigenvalue weighted by Gasteiger charge is -2.23.